The number of nitrogens with one attached hydrogen (secondary N) is 1. The molecular formula is C24H24ClFN2O3. The molecule has 0 bridgehead atoms. The Balaban J connectivity index is 1.51. The highest BCUT2D eigenvalue weighted by molar-refractivity contribution is 6.30. The molecule has 0 unspecified atom stereocenters. The summed E-state index contributed by atoms with van der Waals surface area (Å²) in [6.07, 6.45) is 4.64. The van der Waals surface area contributed by atoms with Gasteiger partial charge in [-0.25, -0.2) is 4.39 Å². The van der Waals surface area contributed by atoms with Gasteiger partial charge in [-0.1, -0.05) is 23.7 Å². The number of nitrogens with zero attached hydrogens (tertiary/aromatic N) is 1. The number of aliphatic carboxylic acids is 1. The van der Waals surface area contributed by atoms with Crippen LogP contribution in [-0.2, 0) is 11.3 Å². The van der Waals surface area contributed by atoms with Crippen molar-refractivity contribution in [3.63, 3.8) is 0 Å². The van der Waals surface area contributed by atoms with Crippen LogP contribution in [0, 0.1) is 17.7 Å². The van der Waals surface area contributed by atoms with Crippen LogP contribution in [0.25, 0.3) is 10.9 Å². The lowest BCUT2D eigenvalue weighted by molar-refractivity contribution is -0.143. The molecule has 0 saturated heterocycles. The third-order valence-electron chi connectivity index (χ3n) is 6.08. The van der Waals surface area contributed by atoms with Crippen molar-refractivity contribution >= 4 is 34.4 Å². The molecular weight excluding hydrogens is 419 g/mol. The number of fused-ring (bicyclic) bond motifs is 1. The summed E-state index contributed by atoms with van der Waals surface area (Å²) in [6.45, 7) is 0.993. The number of hydrogen-bond donors (Lipinski definition) is 2. The Morgan fingerprint density at radius 1 is 1.10 bits per heavy atom. The second-order valence-electron chi connectivity index (χ2n) is 8.23. The summed E-state index contributed by atoms with van der Waals surface area (Å²) >= 11 is 5.96. The number of carboxylic acid groups (broad SMARTS) is 1. The van der Waals surface area contributed by atoms with Gasteiger partial charge < -0.3 is 15.0 Å². The number of hydrogen-bond acceptors (Lipinski definition) is 2. The molecule has 0 aliphatic heterocycles. The number of amides is 1. The van der Waals surface area contributed by atoms with Gasteiger partial charge in [-0.3, -0.25) is 9.59 Å². The lowest BCUT2D eigenvalue weighted by atomic mass is 9.82. The topological polar surface area (TPSA) is 71.3 Å². The van der Waals surface area contributed by atoms with Crippen molar-refractivity contribution in [3.05, 3.63) is 70.6 Å². The molecule has 1 fully saturated rings. The van der Waals surface area contributed by atoms with Gasteiger partial charge in [-0.05, 0) is 67.5 Å². The summed E-state index contributed by atoms with van der Waals surface area (Å²) in [5, 5.41) is 13.4. The normalized spacial score (nSPS) is 18.8. The molecule has 31 heavy (non-hydrogen) atoms. The van der Waals surface area contributed by atoms with Crippen molar-refractivity contribution < 1.29 is 19.1 Å². The van der Waals surface area contributed by atoms with Crippen LogP contribution in [0.3, 0.4) is 0 Å². The van der Waals surface area contributed by atoms with Gasteiger partial charge in [-0.2, -0.15) is 0 Å². The summed E-state index contributed by atoms with van der Waals surface area (Å²) in [7, 11) is 0. The molecule has 1 aliphatic rings. The van der Waals surface area contributed by atoms with Gasteiger partial charge in [0.1, 0.15) is 5.82 Å². The fraction of sp³-hybridized carbons (Fsp3) is 0.333. The summed E-state index contributed by atoms with van der Waals surface area (Å²) in [5.74, 6) is -1.56. The zero-order valence-electron chi connectivity index (χ0n) is 17.0. The van der Waals surface area contributed by atoms with Crippen molar-refractivity contribution in [2.24, 2.45) is 11.8 Å². The SMILES string of the molecule is O=C(NC[C@H]1CC[C@H](C(=O)O)CC1)c1cc(F)cc2ccn(Cc3ccc(Cl)cc3)c12. The van der Waals surface area contributed by atoms with Crippen LogP contribution < -0.4 is 5.32 Å². The fourth-order valence-electron chi connectivity index (χ4n) is 4.35. The molecule has 0 atom stereocenters. The van der Waals surface area contributed by atoms with Crippen LogP contribution in [0.15, 0.2) is 48.7 Å². The first-order valence-corrected chi connectivity index (χ1v) is 10.8. The van der Waals surface area contributed by atoms with Gasteiger partial charge in [0.05, 0.1) is 17.0 Å². The molecule has 1 saturated carbocycles. The summed E-state index contributed by atoms with van der Waals surface area (Å²) < 4.78 is 16.1. The van der Waals surface area contributed by atoms with Gasteiger partial charge in [0.2, 0.25) is 0 Å². The second kappa shape index (κ2) is 9.10. The van der Waals surface area contributed by atoms with Gasteiger partial charge in [0.25, 0.3) is 5.91 Å². The third-order valence-corrected chi connectivity index (χ3v) is 6.34. The molecule has 2 N–H and O–H groups in total. The van der Waals surface area contributed by atoms with E-state index in [1.807, 2.05) is 35.0 Å². The highest BCUT2D eigenvalue weighted by atomic mass is 35.5. The van der Waals surface area contributed by atoms with Crippen molar-refractivity contribution in [2.75, 3.05) is 6.54 Å². The Morgan fingerprint density at radius 3 is 2.48 bits per heavy atom. The average molecular weight is 443 g/mol. The molecule has 1 aliphatic carbocycles. The Kier molecular flexibility index (Phi) is 6.28. The molecule has 162 valence electrons. The van der Waals surface area contributed by atoms with E-state index in [1.165, 1.54) is 12.1 Å². The third kappa shape index (κ3) is 4.90. The van der Waals surface area contributed by atoms with Gasteiger partial charge in [-0.15, -0.1) is 0 Å². The molecule has 3 aromatic rings. The molecule has 1 heterocycles. The van der Waals surface area contributed by atoms with E-state index in [2.05, 4.69) is 5.32 Å². The van der Waals surface area contributed by atoms with Gasteiger partial charge in [0, 0.05) is 29.7 Å². The maximum Gasteiger partial charge on any atom is 0.306 e. The first kappa shape index (κ1) is 21.4. The van der Waals surface area contributed by atoms with E-state index in [0.717, 1.165) is 18.4 Å². The van der Waals surface area contributed by atoms with Crippen LogP contribution in [0.1, 0.15) is 41.6 Å². The fourth-order valence-corrected chi connectivity index (χ4v) is 4.48. The summed E-state index contributed by atoms with van der Waals surface area (Å²) in [5.41, 5.74) is 2.00. The molecule has 5 nitrogen and oxygen atoms in total. The van der Waals surface area contributed by atoms with Gasteiger partial charge >= 0.3 is 5.97 Å². The number of carboxylic acids is 1. The Hall–Kier alpha value is -2.86. The largest absolute Gasteiger partial charge is 0.481 e. The van der Waals surface area contributed by atoms with Crippen LogP contribution in [-0.4, -0.2) is 28.1 Å². The van der Waals surface area contributed by atoms with Crippen LogP contribution >= 0.6 is 11.6 Å². The van der Waals surface area contributed by atoms with Crippen molar-refractivity contribution in [1.29, 1.82) is 0 Å². The molecule has 0 spiro atoms. The molecule has 1 aromatic heterocycles. The predicted molar refractivity (Wildman–Crippen MR) is 118 cm³/mol. The molecule has 0 radical (unpaired) electrons. The quantitative estimate of drug-likeness (QED) is 0.557. The second-order valence-corrected chi connectivity index (χ2v) is 8.66. The Bertz CT molecular complexity index is 1100. The minimum Gasteiger partial charge on any atom is -0.481 e. The number of benzene rings is 2. The van der Waals surface area contributed by atoms with E-state index >= 15 is 0 Å². The van der Waals surface area contributed by atoms with E-state index in [-0.39, 0.29) is 17.7 Å². The van der Waals surface area contributed by atoms with Crippen molar-refractivity contribution in [2.45, 2.75) is 32.2 Å². The van der Waals surface area contributed by atoms with Crippen molar-refractivity contribution in [1.82, 2.24) is 9.88 Å². The van der Waals surface area contributed by atoms with E-state index < -0.39 is 11.8 Å². The lowest BCUT2D eigenvalue weighted by Gasteiger charge is -2.26. The molecule has 1 amide bonds. The molecule has 7 heteroatoms. The highest BCUT2D eigenvalue weighted by Gasteiger charge is 2.26. The standard InChI is InChI=1S/C24H24ClFN2O3/c25-19-7-3-16(4-8-19)14-28-10-9-18-11-20(26)12-21(22(18)28)23(29)27-13-15-1-5-17(6-2-15)24(30)31/h3-4,7-12,15,17H,1-2,5-6,13-14H2,(H,27,29)(H,30,31)/t15-,17-. The van der Waals surface area contributed by atoms with Crippen LogP contribution in [0.2, 0.25) is 5.02 Å². The van der Waals surface area contributed by atoms with Crippen molar-refractivity contribution in [3.8, 4) is 0 Å². The summed E-state index contributed by atoms with van der Waals surface area (Å²) in [4.78, 5) is 24.1. The Labute approximate surface area is 184 Å². The van der Waals surface area contributed by atoms with E-state index in [1.54, 1.807) is 6.07 Å². The first-order valence-electron chi connectivity index (χ1n) is 10.4. The smallest absolute Gasteiger partial charge is 0.306 e. The number of carbonyl (C=O) groups is 2. The maximum absolute atomic E-state index is 14.2. The lowest BCUT2D eigenvalue weighted by Crippen LogP contribution is -2.32. The average Bonchev–Trinajstić information content (AvgIpc) is 3.15. The Morgan fingerprint density at radius 2 is 1.81 bits per heavy atom. The van der Waals surface area contributed by atoms with E-state index in [0.29, 0.717) is 47.4 Å². The number of rotatable bonds is 6. The zero-order chi connectivity index (χ0) is 22.0. The minimum atomic E-state index is -0.744. The number of aromatic nitrogens is 1. The van der Waals surface area contributed by atoms with E-state index in [4.69, 9.17) is 16.7 Å². The minimum absolute atomic E-state index is 0.240. The number of halogens is 2. The van der Waals surface area contributed by atoms with Crippen LogP contribution in [0.5, 0.6) is 0 Å². The monoisotopic (exact) mass is 442 g/mol. The molecule has 4 rings (SSSR count). The maximum atomic E-state index is 14.2. The molecule has 2 aromatic carbocycles. The first-order chi connectivity index (χ1) is 14.9. The van der Waals surface area contributed by atoms with Gasteiger partial charge in [0.15, 0.2) is 0 Å². The van der Waals surface area contributed by atoms with E-state index in [9.17, 15) is 14.0 Å². The highest BCUT2D eigenvalue weighted by Crippen LogP contribution is 2.29. The zero-order valence-corrected chi connectivity index (χ0v) is 17.7. The number of carbonyl (C=O) groups excluding carboxylic acids is 1. The predicted octanol–water partition coefficient (Wildman–Crippen LogP) is 5.10. The summed E-state index contributed by atoms with van der Waals surface area (Å²) in [6, 6.07) is 12.0. The van der Waals surface area contributed by atoms with Crippen LogP contribution in [0.4, 0.5) is 4.39 Å².